The van der Waals surface area contributed by atoms with E-state index in [0.717, 1.165) is 0 Å². The van der Waals surface area contributed by atoms with Gasteiger partial charge in [-0.15, -0.1) is 0 Å². The molecule has 0 saturated carbocycles. The number of thiocarbonyl (C=S) groups is 1. The summed E-state index contributed by atoms with van der Waals surface area (Å²) in [5, 5.41) is 10.1. The molecule has 5 heteroatoms. The zero-order valence-corrected chi connectivity index (χ0v) is 11.1. The molecule has 1 atom stereocenters. The second-order valence-corrected chi connectivity index (χ2v) is 4.37. The average molecular weight is 254 g/mol. The van der Waals surface area contributed by atoms with Crippen LogP contribution in [-0.2, 0) is 0 Å². The van der Waals surface area contributed by atoms with E-state index < -0.39 is 0 Å². The van der Waals surface area contributed by atoms with Crippen molar-refractivity contribution in [2.45, 2.75) is 13.0 Å². The first-order chi connectivity index (χ1) is 7.99. The van der Waals surface area contributed by atoms with Gasteiger partial charge in [-0.25, -0.2) is 0 Å². The molecule has 0 aromatic heterocycles. The van der Waals surface area contributed by atoms with Gasteiger partial charge in [-0.05, 0) is 27.1 Å². The van der Waals surface area contributed by atoms with E-state index in [1.807, 2.05) is 32.0 Å². The normalized spacial score (nSPS) is 12.5. The van der Waals surface area contributed by atoms with Gasteiger partial charge in [0.2, 0.25) is 0 Å². The molecule has 0 fully saturated rings. The van der Waals surface area contributed by atoms with Crippen molar-refractivity contribution >= 4 is 17.2 Å². The van der Waals surface area contributed by atoms with Crippen molar-refractivity contribution < 1.29 is 9.84 Å². The maximum Gasteiger partial charge on any atom is 0.162 e. The fourth-order valence-corrected chi connectivity index (χ4v) is 2.06. The van der Waals surface area contributed by atoms with E-state index >= 15 is 0 Å². The molecule has 0 spiro atoms. The van der Waals surface area contributed by atoms with Gasteiger partial charge in [0.05, 0.1) is 17.6 Å². The summed E-state index contributed by atoms with van der Waals surface area (Å²) in [6.45, 7) is 2.36. The number of aromatic hydroxyl groups is 1. The summed E-state index contributed by atoms with van der Waals surface area (Å²) in [4.78, 5) is 2.17. The predicted octanol–water partition coefficient (Wildman–Crippen LogP) is 1.68. The highest BCUT2D eigenvalue weighted by atomic mass is 32.1. The number of rotatable bonds is 5. The third-order valence-electron chi connectivity index (χ3n) is 2.41. The second-order valence-electron chi connectivity index (χ2n) is 3.90. The Morgan fingerprint density at radius 2 is 2.18 bits per heavy atom. The number of likely N-dealkylation sites (N-methyl/N-ethyl adjacent to an activating group) is 1. The lowest BCUT2D eigenvalue weighted by Gasteiger charge is -2.24. The number of nitrogens with two attached hydrogens (primary N) is 1. The minimum atomic E-state index is -0.301. The molecule has 0 aliphatic carbocycles. The number of benzene rings is 1. The molecule has 17 heavy (non-hydrogen) atoms. The Balaban J connectivity index is 3.20. The van der Waals surface area contributed by atoms with Gasteiger partial charge in [-0.3, -0.25) is 4.90 Å². The molecule has 0 aliphatic heterocycles. The van der Waals surface area contributed by atoms with Crippen LogP contribution in [0.15, 0.2) is 18.2 Å². The molecule has 1 unspecified atom stereocenters. The van der Waals surface area contributed by atoms with E-state index in [2.05, 4.69) is 0 Å². The molecular weight excluding hydrogens is 236 g/mol. The number of phenolic OH excluding ortho intramolecular Hbond substituents is 1. The van der Waals surface area contributed by atoms with Crippen molar-refractivity contribution in [2.75, 3.05) is 20.7 Å². The Morgan fingerprint density at radius 1 is 1.53 bits per heavy atom. The molecule has 0 heterocycles. The third-order valence-corrected chi connectivity index (χ3v) is 2.63. The van der Waals surface area contributed by atoms with E-state index in [-0.39, 0.29) is 11.8 Å². The fraction of sp³-hybridized carbons (Fsp3) is 0.417. The predicted molar refractivity (Wildman–Crippen MR) is 72.5 cm³/mol. The number of para-hydroxylation sites is 1. The summed E-state index contributed by atoms with van der Waals surface area (Å²) >= 11 is 5.03. The van der Waals surface area contributed by atoms with Crippen molar-refractivity contribution in [3.8, 4) is 11.5 Å². The van der Waals surface area contributed by atoms with Crippen LogP contribution >= 0.6 is 12.2 Å². The summed E-state index contributed by atoms with van der Waals surface area (Å²) in [5.74, 6) is 0.550. The Bertz CT molecular complexity index is 407. The SMILES string of the molecule is CCOc1cccc(C(C(N)=S)N(C)C)c1O. The van der Waals surface area contributed by atoms with Crippen molar-refractivity contribution in [3.63, 3.8) is 0 Å². The van der Waals surface area contributed by atoms with Gasteiger partial charge in [0.1, 0.15) is 0 Å². The average Bonchev–Trinajstić information content (AvgIpc) is 2.23. The summed E-state index contributed by atoms with van der Waals surface area (Å²) in [7, 11) is 3.72. The van der Waals surface area contributed by atoms with E-state index in [1.54, 1.807) is 12.1 Å². The summed E-state index contributed by atoms with van der Waals surface area (Å²) in [6.07, 6.45) is 0. The maximum absolute atomic E-state index is 10.1. The lowest BCUT2D eigenvalue weighted by molar-refractivity contribution is 0.309. The Labute approximate surface area is 107 Å². The van der Waals surface area contributed by atoms with Crippen LogP contribution in [0.3, 0.4) is 0 Å². The molecule has 0 amide bonds. The molecule has 0 aliphatic rings. The van der Waals surface area contributed by atoms with Crippen LogP contribution < -0.4 is 10.5 Å². The zero-order valence-electron chi connectivity index (χ0n) is 10.3. The number of hydrogen-bond acceptors (Lipinski definition) is 4. The monoisotopic (exact) mass is 254 g/mol. The van der Waals surface area contributed by atoms with Gasteiger partial charge in [-0.1, -0.05) is 24.4 Å². The number of ether oxygens (including phenoxy) is 1. The molecule has 1 rings (SSSR count). The highest BCUT2D eigenvalue weighted by molar-refractivity contribution is 7.80. The lowest BCUT2D eigenvalue weighted by Crippen LogP contribution is -2.31. The van der Waals surface area contributed by atoms with Gasteiger partial charge in [-0.2, -0.15) is 0 Å². The van der Waals surface area contributed by atoms with E-state index in [0.29, 0.717) is 22.9 Å². The van der Waals surface area contributed by atoms with Crippen LogP contribution in [0.4, 0.5) is 0 Å². The number of nitrogens with zero attached hydrogens (tertiary/aromatic N) is 1. The first kappa shape index (κ1) is 13.7. The zero-order chi connectivity index (χ0) is 13.0. The van der Waals surface area contributed by atoms with Crippen LogP contribution in [0.25, 0.3) is 0 Å². The molecule has 94 valence electrons. The van der Waals surface area contributed by atoms with Gasteiger partial charge in [0, 0.05) is 5.56 Å². The van der Waals surface area contributed by atoms with Gasteiger partial charge < -0.3 is 15.6 Å². The van der Waals surface area contributed by atoms with Crippen molar-refractivity contribution in [2.24, 2.45) is 5.73 Å². The Hall–Kier alpha value is -1.33. The van der Waals surface area contributed by atoms with Crippen molar-refractivity contribution in [1.29, 1.82) is 0 Å². The molecule has 0 saturated heterocycles. The first-order valence-corrected chi connectivity index (χ1v) is 5.80. The molecule has 3 N–H and O–H groups in total. The smallest absolute Gasteiger partial charge is 0.162 e. The van der Waals surface area contributed by atoms with Crippen LogP contribution in [-0.4, -0.2) is 35.7 Å². The summed E-state index contributed by atoms with van der Waals surface area (Å²) in [5.41, 5.74) is 6.36. The minimum absolute atomic E-state index is 0.0980. The van der Waals surface area contributed by atoms with Crippen LogP contribution in [0.1, 0.15) is 18.5 Å². The lowest BCUT2D eigenvalue weighted by atomic mass is 10.0. The highest BCUT2D eigenvalue weighted by Gasteiger charge is 2.22. The molecule has 1 aromatic rings. The maximum atomic E-state index is 10.1. The summed E-state index contributed by atoms with van der Waals surface area (Å²) in [6, 6.07) is 5.02. The highest BCUT2D eigenvalue weighted by Crippen LogP contribution is 2.35. The topological polar surface area (TPSA) is 58.7 Å². The number of hydrogen-bond donors (Lipinski definition) is 2. The number of phenols is 1. The fourth-order valence-electron chi connectivity index (χ4n) is 1.72. The molecular formula is C12H18N2O2S. The van der Waals surface area contributed by atoms with Crippen LogP contribution in [0.5, 0.6) is 11.5 Å². The Kier molecular flexibility index (Phi) is 4.72. The van der Waals surface area contributed by atoms with Crippen LogP contribution in [0, 0.1) is 0 Å². The largest absolute Gasteiger partial charge is 0.504 e. The second kappa shape index (κ2) is 5.84. The van der Waals surface area contributed by atoms with Crippen LogP contribution in [0.2, 0.25) is 0 Å². The summed E-state index contributed by atoms with van der Waals surface area (Å²) < 4.78 is 5.33. The van der Waals surface area contributed by atoms with E-state index in [1.165, 1.54) is 0 Å². The Morgan fingerprint density at radius 3 is 2.65 bits per heavy atom. The van der Waals surface area contributed by atoms with E-state index in [4.69, 9.17) is 22.7 Å². The quantitative estimate of drug-likeness (QED) is 0.783. The van der Waals surface area contributed by atoms with Crippen molar-refractivity contribution in [1.82, 2.24) is 4.90 Å². The third kappa shape index (κ3) is 3.08. The minimum Gasteiger partial charge on any atom is -0.504 e. The standard InChI is InChI=1S/C12H18N2O2S/c1-4-16-9-7-5-6-8(11(9)15)10(12(13)17)14(2)3/h5-7,10,15H,4H2,1-3H3,(H2,13,17). The molecule has 4 nitrogen and oxygen atoms in total. The van der Waals surface area contributed by atoms with Gasteiger partial charge in [0.15, 0.2) is 11.5 Å². The van der Waals surface area contributed by atoms with E-state index in [9.17, 15) is 5.11 Å². The molecule has 0 bridgehead atoms. The van der Waals surface area contributed by atoms with Gasteiger partial charge >= 0.3 is 0 Å². The molecule has 1 aromatic carbocycles. The van der Waals surface area contributed by atoms with Crippen molar-refractivity contribution in [3.05, 3.63) is 23.8 Å². The molecule has 0 radical (unpaired) electrons. The first-order valence-electron chi connectivity index (χ1n) is 5.39. The van der Waals surface area contributed by atoms with Gasteiger partial charge in [0.25, 0.3) is 0 Å².